The zero-order chi connectivity index (χ0) is 12.5. The van der Waals surface area contributed by atoms with Crippen LogP contribution in [0.1, 0.15) is 18.7 Å². The molecule has 2 aromatic heterocycles. The van der Waals surface area contributed by atoms with E-state index in [-0.39, 0.29) is 6.04 Å². The van der Waals surface area contributed by atoms with Crippen molar-refractivity contribution < 1.29 is 4.42 Å². The van der Waals surface area contributed by atoms with Gasteiger partial charge in [0.1, 0.15) is 11.5 Å². The number of hydrogen-bond acceptors (Lipinski definition) is 3. The Hall–Kier alpha value is -2.13. The fourth-order valence-electron chi connectivity index (χ4n) is 1.94. The molecule has 0 fully saturated rings. The highest BCUT2D eigenvalue weighted by atomic mass is 16.3. The van der Waals surface area contributed by atoms with E-state index in [1.807, 2.05) is 55.5 Å². The Labute approximate surface area is 105 Å². The summed E-state index contributed by atoms with van der Waals surface area (Å²) in [6, 6.07) is 15.7. The van der Waals surface area contributed by atoms with Crippen LogP contribution < -0.4 is 5.73 Å². The first-order valence-corrected chi connectivity index (χ1v) is 5.95. The number of rotatable bonds is 2. The summed E-state index contributed by atoms with van der Waals surface area (Å²) in [6.45, 7) is 1.90. The van der Waals surface area contributed by atoms with Gasteiger partial charge in [0.2, 0.25) is 0 Å². The van der Waals surface area contributed by atoms with Gasteiger partial charge >= 0.3 is 0 Å². The van der Waals surface area contributed by atoms with Gasteiger partial charge in [0.25, 0.3) is 0 Å². The van der Waals surface area contributed by atoms with E-state index >= 15 is 0 Å². The number of benzene rings is 1. The molecule has 0 saturated carbocycles. The fourth-order valence-corrected chi connectivity index (χ4v) is 1.94. The highest BCUT2D eigenvalue weighted by Gasteiger charge is 2.09. The maximum Gasteiger partial charge on any atom is 0.152 e. The van der Waals surface area contributed by atoms with Crippen LogP contribution in [0, 0.1) is 0 Å². The molecule has 3 aromatic rings. The van der Waals surface area contributed by atoms with Crippen LogP contribution >= 0.6 is 0 Å². The molecule has 0 aliphatic rings. The molecule has 0 saturated heterocycles. The number of para-hydroxylation sites is 1. The lowest BCUT2D eigenvalue weighted by molar-refractivity contribution is 0.490. The van der Waals surface area contributed by atoms with Crippen LogP contribution in [0.5, 0.6) is 0 Å². The van der Waals surface area contributed by atoms with Crippen molar-refractivity contribution in [1.82, 2.24) is 4.98 Å². The van der Waals surface area contributed by atoms with E-state index in [4.69, 9.17) is 10.2 Å². The first-order valence-electron chi connectivity index (χ1n) is 5.95. The second-order valence-corrected chi connectivity index (χ2v) is 4.38. The van der Waals surface area contributed by atoms with Gasteiger partial charge in [0.05, 0.1) is 11.6 Å². The first-order chi connectivity index (χ1) is 8.74. The Morgan fingerprint density at radius 2 is 1.89 bits per heavy atom. The zero-order valence-corrected chi connectivity index (χ0v) is 10.1. The highest BCUT2D eigenvalue weighted by molar-refractivity contribution is 5.80. The van der Waals surface area contributed by atoms with Gasteiger partial charge in [0.15, 0.2) is 5.76 Å². The normalized spacial score (nSPS) is 12.8. The summed E-state index contributed by atoms with van der Waals surface area (Å²) in [7, 11) is 0. The fraction of sp³-hybridized carbons (Fsp3) is 0.133. The molecular formula is C15H14N2O. The van der Waals surface area contributed by atoms with Crippen LogP contribution in [-0.4, -0.2) is 4.98 Å². The molecule has 18 heavy (non-hydrogen) atoms. The lowest BCUT2D eigenvalue weighted by Crippen LogP contribution is -2.02. The predicted molar refractivity (Wildman–Crippen MR) is 72.0 cm³/mol. The van der Waals surface area contributed by atoms with E-state index in [1.165, 1.54) is 0 Å². The summed E-state index contributed by atoms with van der Waals surface area (Å²) in [6.07, 6.45) is 0. The van der Waals surface area contributed by atoms with E-state index in [9.17, 15) is 0 Å². The largest absolute Gasteiger partial charge is 0.458 e. The number of fused-ring (bicyclic) bond motifs is 1. The molecule has 3 heteroatoms. The molecule has 3 nitrogen and oxygen atoms in total. The SMILES string of the molecule is CC(N)c1ccc(-c2ccc3ccccc3n2)o1. The summed E-state index contributed by atoms with van der Waals surface area (Å²) in [5.41, 5.74) is 7.58. The van der Waals surface area contributed by atoms with E-state index in [2.05, 4.69) is 4.98 Å². The van der Waals surface area contributed by atoms with Crippen molar-refractivity contribution in [2.75, 3.05) is 0 Å². The van der Waals surface area contributed by atoms with Crippen molar-refractivity contribution in [3.63, 3.8) is 0 Å². The number of aromatic nitrogens is 1. The Morgan fingerprint density at radius 3 is 2.67 bits per heavy atom. The van der Waals surface area contributed by atoms with Gasteiger partial charge in [-0.1, -0.05) is 24.3 Å². The zero-order valence-electron chi connectivity index (χ0n) is 10.1. The van der Waals surface area contributed by atoms with Gasteiger partial charge in [-0.2, -0.15) is 0 Å². The average molecular weight is 238 g/mol. The van der Waals surface area contributed by atoms with Gasteiger partial charge < -0.3 is 10.2 Å². The quantitative estimate of drug-likeness (QED) is 0.743. The molecule has 0 bridgehead atoms. The number of hydrogen-bond donors (Lipinski definition) is 1. The molecule has 2 N–H and O–H groups in total. The molecule has 90 valence electrons. The third kappa shape index (κ3) is 1.89. The molecule has 1 unspecified atom stereocenters. The van der Waals surface area contributed by atoms with Crippen molar-refractivity contribution in [3.8, 4) is 11.5 Å². The first kappa shape index (κ1) is 11.0. The van der Waals surface area contributed by atoms with Crippen LogP contribution in [0.2, 0.25) is 0 Å². The summed E-state index contributed by atoms with van der Waals surface area (Å²) < 4.78 is 5.69. The van der Waals surface area contributed by atoms with Crippen LogP contribution in [0.4, 0.5) is 0 Å². The van der Waals surface area contributed by atoms with Crippen molar-refractivity contribution in [2.24, 2.45) is 5.73 Å². The monoisotopic (exact) mass is 238 g/mol. The lowest BCUT2D eigenvalue weighted by atomic mass is 10.2. The van der Waals surface area contributed by atoms with Gasteiger partial charge in [-0.3, -0.25) is 0 Å². The van der Waals surface area contributed by atoms with Gasteiger partial charge in [-0.05, 0) is 31.2 Å². The Kier molecular flexibility index (Phi) is 2.61. The third-order valence-electron chi connectivity index (χ3n) is 2.93. The molecule has 1 aromatic carbocycles. The van der Waals surface area contributed by atoms with Gasteiger partial charge in [-0.25, -0.2) is 4.98 Å². The topological polar surface area (TPSA) is 52.0 Å². The van der Waals surface area contributed by atoms with E-state index in [1.54, 1.807) is 0 Å². The van der Waals surface area contributed by atoms with Crippen LogP contribution in [0.25, 0.3) is 22.4 Å². The third-order valence-corrected chi connectivity index (χ3v) is 2.93. The summed E-state index contributed by atoms with van der Waals surface area (Å²) in [5.74, 6) is 1.54. The van der Waals surface area contributed by atoms with E-state index < -0.39 is 0 Å². The Bertz CT molecular complexity index is 686. The number of pyridine rings is 1. The minimum atomic E-state index is -0.0980. The van der Waals surface area contributed by atoms with Gasteiger partial charge in [-0.15, -0.1) is 0 Å². The average Bonchev–Trinajstić information content (AvgIpc) is 2.88. The smallest absolute Gasteiger partial charge is 0.152 e. The molecule has 3 rings (SSSR count). The van der Waals surface area contributed by atoms with Crippen LogP contribution in [-0.2, 0) is 0 Å². The maximum absolute atomic E-state index is 5.78. The second kappa shape index (κ2) is 4.27. The van der Waals surface area contributed by atoms with Crippen molar-refractivity contribution in [1.29, 1.82) is 0 Å². The summed E-state index contributed by atoms with van der Waals surface area (Å²) in [4.78, 5) is 4.58. The molecule has 2 heterocycles. The molecule has 0 spiro atoms. The molecule has 1 atom stereocenters. The lowest BCUT2D eigenvalue weighted by Gasteiger charge is -2.01. The minimum absolute atomic E-state index is 0.0980. The molecule has 0 radical (unpaired) electrons. The van der Waals surface area contributed by atoms with Crippen LogP contribution in [0.3, 0.4) is 0 Å². The molecule has 0 aliphatic carbocycles. The van der Waals surface area contributed by atoms with Crippen molar-refractivity contribution in [3.05, 3.63) is 54.3 Å². The van der Waals surface area contributed by atoms with Crippen LogP contribution in [0.15, 0.2) is 52.9 Å². The molecule has 0 aliphatic heterocycles. The van der Waals surface area contributed by atoms with Crippen molar-refractivity contribution >= 4 is 10.9 Å². The Morgan fingerprint density at radius 1 is 1.06 bits per heavy atom. The molecule has 0 amide bonds. The van der Waals surface area contributed by atoms with E-state index in [0.717, 1.165) is 28.1 Å². The highest BCUT2D eigenvalue weighted by Crippen LogP contribution is 2.24. The number of nitrogens with two attached hydrogens (primary N) is 1. The number of furan rings is 1. The standard InChI is InChI=1S/C15H14N2O/c1-10(16)14-8-9-15(18-14)13-7-6-11-4-2-3-5-12(11)17-13/h2-10H,16H2,1H3. The maximum atomic E-state index is 5.78. The molecular weight excluding hydrogens is 224 g/mol. The second-order valence-electron chi connectivity index (χ2n) is 4.38. The van der Waals surface area contributed by atoms with Gasteiger partial charge in [0, 0.05) is 5.39 Å². The van der Waals surface area contributed by atoms with E-state index in [0.29, 0.717) is 0 Å². The minimum Gasteiger partial charge on any atom is -0.458 e. The summed E-state index contributed by atoms with van der Waals surface area (Å²) >= 11 is 0. The summed E-state index contributed by atoms with van der Waals surface area (Å²) in [5, 5.41) is 1.13. The Balaban J connectivity index is 2.07. The van der Waals surface area contributed by atoms with Crippen molar-refractivity contribution in [2.45, 2.75) is 13.0 Å². The predicted octanol–water partition coefficient (Wildman–Crippen LogP) is 3.51. The number of nitrogens with zero attached hydrogens (tertiary/aromatic N) is 1.